The van der Waals surface area contributed by atoms with Gasteiger partial charge in [-0.25, -0.2) is 0 Å². The summed E-state index contributed by atoms with van der Waals surface area (Å²) in [5.41, 5.74) is 0. The van der Waals surface area contributed by atoms with Gasteiger partial charge in [0.15, 0.2) is 0 Å². The molecule has 4 nitrogen and oxygen atoms in total. The van der Waals surface area contributed by atoms with Crippen molar-refractivity contribution in [3.8, 4) is 0 Å². The van der Waals surface area contributed by atoms with Crippen LogP contribution in [0.4, 0.5) is 0 Å². The van der Waals surface area contributed by atoms with Crippen molar-refractivity contribution < 1.29 is 9.90 Å². The van der Waals surface area contributed by atoms with Crippen molar-refractivity contribution >= 4 is 5.91 Å². The topological polar surface area (TPSA) is 61.4 Å². The number of rotatable bonds is 8. The van der Waals surface area contributed by atoms with Crippen LogP contribution in [-0.4, -0.2) is 36.2 Å². The number of aliphatic hydroxyl groups excluding tert-OH is 1. The Hall–Kier alpha value is -0.610. The van der Waals surface area contributed by atoms with Gasteiger partial charge in [0.1, 0.15) is 0 Å². The van der Waals surface area contributed by atoms with Crippen molar-refractivity contribution in [2.75, 3.05) is 13.1 Å². The molecular weight excluding hydrogens is 204 g/mol. The van der Waals surface area contributed by atoms with Crippen LogP contribution in [0.3, 0.4) is 0 Å². The summed E-state index contributed by atoms with van der Waals surface area (Å²) in [6.45, 7) is 8.93. The minimum atomic E-state index is -0.347. The van der Waals surface area contributed by atoms with Crippen molar-refractivity contribution in [2.24, 2.45) is 5.92 Å². The monoisotopic (exact) mass is 230 g/mol. The van der Waals surface area contributed by atoms with Crippen molar-refractivity contribution in [3.63, 3.8) is 0 Å². The Labute approximate surface area is 98.8 Å². The van der Waals surface area contributed by atoms with Gasteiger partial charge in [0.2, 0.25) is 5.91 Å². The molecule has 0 aliphatic rings. The first-order valence-corrected chi connectivity index (χ1v) is 6.15. The van der Waals surface area contributed by atoms with Crippen LogP contribution in [0.25, 0.3) is 0 Å². The molecule has 0 spiro atoms. The van der Waals surface area contributed by atoms with Gasteiger partial charge in [-0.15, -0.1) is 0 Å². The number of amides is 1. The third kappa shape index (κ3) is 7.65. The number of hydrogen-bond donors (Lipinski definition) is 3. The molecule has 0 radical (unpaired) electrons. The third-order valence-electron chi connectivity index (χ3n) is 2.68. The molecule has 0 aliphatic heterocycles. The predicted octanol–water partition coefficient (Wildman–Crippen LogP) is 0.898. The Balaban J connectivity index is 3.58. The Kier molecular flexibility index (Phi) is 8.21. The molecular formula is C12H26N2O2. The molecule has 1 amide bonds. The molecule has 2 atom stereocenters. The quantitative estimate of drug-likeness (QED) is 0.580. The Morgan fingerprint density at radius 2 is 1.94 bits per heavy atom. The number of hydrogen-bond acceptors (Lipinski definition) is 3. The van der Waals surface area contributed by atoms with E-state index in [1.807, 2.05) is 13.8 Å². The van der Waals surface area contributed by atoms with E-state index in [-0.39, 0.29) is 24.6 Å². The van der Waals surface area contributed by atoms with E-state index in [9.17, 15) is 9.90 Å². The average molecular weight is 230 g/mol. The van der Waals surface area contributed by atoms with Gasteiger partial charge >= 0.3 is 0 Å². The minimum Gasteiger partial charge on any atom is -0.392 e. The number of nitrogens with one attached hydrogen (secondary N) is 2. The van der Waals surface area contributed by atoms with Gasteiger partial charge in [-0.05, 0) is 19.3 Å². The van der Waals surface area contributed by atoms with Crippen LogP contribution in [0, 0.1) is 5.92 Å². The molecule has 0 aromatic carbocycles. The Bertz CT molecular complexity index is 195. The van der Waals surface area contributed by atoms with E-state index in [2.05, 4.69) is 24.5 Å². The van der Waals surface area contributed by atoms with Crippen molar-refractivity contribution in [2.45, 2.75) is 52.7 Å². The van der Waals surface area contributed by atoms with Gasteiger partial charge in [0.05, 0.1) is 12.6 Å². The summed E-state index contributed by atoms with van der Waals surface area (Å²) in [6.07, 6.45) is 1.39. The summed E-state index contributed by atoms with van der Waals surface area (Å²) in [6, 6.07) is 0.190. The Morgan fingerprint density at radius 1 is 1.31 bits per heavy atom. The first-order valence-electron chi connectivity index (χ1n) is 6.15. The van der Waals surface area contributed by atoms with Gasteiger partial charge in [-0.3, -0.25) is 4.79 Å². The lowest BCUT2D eigenvalue weighted by atomic mass is 10.1. The zero-order chi connectivity index (χ0) is 12.6. The van der Waals surface area contributed by atoms with Gasteiger partial charge in [-0.1, -0.05) is 27.2 Å². The van der Waals surface area contributed by atoms with Crippen LogP contribution in [0.5, 0.6) is 0 Å². The molecule has 16 heavy (non-hydrogen) atoms. The minimum absolute atomic E-state index is 0.00935. The Morgan fingerprint density at radius 3 is 2.44 bits per heavy atom. The molecule has 96 valence electrons. The van der Waals surface area contributed by atoms with Crippen molar-refractivity contribution in [3.05, 3.63) is 0 Å². The van der Waals surface area contributed by atoms with Crippen LogP contribution < -0.4 is 10.6 Å². The first kappa shape index (κ1) is 15.4. The molecule has 0 aromatic rings. The van der Waals surface area contributed by atoms with Gasteiger partial charge in [-0.2, -0.15) is 0 Å². The maximum absolute atomic E-state index is 11.4. The fourth-order valence-electron chi connectivity index (χ4n) is 1.26. The molecule has 0 aromatic heterocycles. The summed E-state index contributed by atoms with van der Waals surface area (Å²) >= 11 is 0. The highest BCUT2D eigenvalue weighted by molar-refractivity contribution is 5.78. The maximum atomic E-state index is 11.4. The van der Waals surface area contributed by atoms with E-state index in [4.69, 9.17) is 0 Å². The van der Waals surface area contributed by atoms with Crippen LogP contribution in [-0.2, 0) is 4.79 Å². The van der Waals surface area contributed by atoms with E-state index in [1.165, 1.54) is 0 Å². The van der Waals surface area contributed by atoms with Crippen molar-refractivity contribution in [1.82, 2.24) is 10.6 Å². The second-order valence-corrected chi connectivity index (χ2v) is 4.67. The van der Waals surface area contributed by atoms with Crippen LogP contribution in [0.1, 0.15) is 40.5 Å². The van der Waals surface area contributed by atoms with Gasteiger partial charge in [0.25, 0.3) is 0 Å². The average Bonchev–Trinajstić information content (AvgIpc) is 2.17. The van der Waals surface area contributed by atoms with Crippen molar-refractivity contribution in [1.29, 1.82) is 0 Å². The largest absolute Gasteiger partial charge is 0.392 e. The number of carbonyl (C=O) groups is 1. The maximum Gasteiger partial charge on any atom is 0.234 e. The highest BCUT2D eigenvalue weighted by atomic mass is 16.3. The van der Waals surface area contributed by atoms with E-state index < -0.39 is 0 Å². The second kappa shape index (κ2) is 8.53. The highest BCUT2D eigenvalue weighted by Gasteiger charge is 2.10. The highest BCUT2D eigenvalue weighted by Crippen LogP contribution is 1.98. The summed E-state index contributed by atoms with van der Waals surface area (Å²) in [4.78, 5) is 11.4. The molecule has 3 N–H and O–H groups in total. The molecule has 0 saturated heterocycles. The summed E-state index contributed by atoms with van der Waals surface area (Å²) < 4.78 is 0. The molecule has 0 heterocycles. The SMILES string of the molecule is CCCC(O)CNCC(=O)NC(C)C(C)C. The summed E-state index contributed by atoms with van der Waals surface area (Å²) in [5, 5.41) is 15.3. The van der Waals surface area contributed by atoms with Crippen LogP contribution >= 0.6 is 0 Å². The molecule has 0 aliphatic carbocycles. The fraction of sp³-hybridized carbons (Fsp3) is 0.917. The lowest BCUT2D eigenvalue weighted by Gasteiger charge is -2.18. The molecule has 0 bridgehead atoms. The van der Waals surface area contributed by atoms with E-state index in [0.717, 1.165) is 12.8 Å². The predicted molar refractivity (Wildman–Crippen MR) is 66.2 cm³/mol. The van der Waals surface area contributed by atoms with Gasteiger partial charge in [0, 0.05) is 12.6 Å². The fourth-order valence-corrected chi connectivity index (χ4v) is 1.26. The molecule has 0 fully saturated rings. The second-order valence-electron chi connectivity index (χ2n) is 4.67. The smallest absolute Gasteiger partial charge is 0.234 e. The molecule has 4 heteroatoms. The summed E-state index contributed by atoms with van der Waals surface area (Å²) in [7, 11) is 0. The first-order chi connectivity index (χ1) is 7.47. The number of aliphatic hydroxyl groups is 1. The lowest BCUT2D eigenvalue weighted by molar-refractivity contribution is -0.121. The zero-order valence-corrected chi connectivity index (χ0v) is 10.9. The van der Waals surface area contributed by atoms with Crippen LogP contribution in [0.2, 0.25) is 0 Å². The third-order valence-corrected chi connectivity index (χ3v) is 2.68. The number of carbonyl (C=O) groups excluding carboxylic acids is 1. The van der Waals surface area contributed by atoms with E-state index in [0.29, 0.717) is 12.5 Å². The molecule has 2 unspecified atom stereocenters. The summed E-state index contributed by atoms with van der Waals surface area (Å²) in [5.74, 6) is 0.430. The van der Waals surface area contributed by atoms with Gasteiger partial charge < -0.3 is 15.7 Å². The zero-order valence-electron chi connectivity index (χ0n) is 10.9. The lowest BCUT2D eigenvalue weighted by Crippen LogP contribution is -2.42. The van der Waals surface area contributed by atoms with Crippen LogP contribution in [0.15, 0.2) is 0 Å². The molecule has 0 rings (SSSR count). The molecule has 0 saturated carbocycles. The van der Waals surface area contributed by atoms with E-state index in [1.54, 1.807) is 0 Å². The standard InChI is InChI=1S/C12H26N2O2/c1-5-6-11(15)7-13-8-12(16)14-10(4)9(2)3/h9-11,13,15H,5-8H2,1-4H3,(H,14,16). The normalized spacial score (nSPS) is 14.9. The van der Waals surface area contributed by atoms with E-state index >= 15 is 0 Å².